The van der Waals surface area contributed by atoms with E-state index >= 15 is 0 Å². The van der Waals surface area contributed by atoms with E-state index in [1.54, 1.807) is 60.8 Å². The molecule has 4 aromatic rings. The summed E-state index contributed by atoms with van der Waals surface area (Å²) in [4.78, 5) is 15.6. The minimum absolute atomic E-state index is 0.138. The van der Waals surface area contributed by atoms with Crippen molar-refractivity contribution in [3.05, 3.63) is 72.6 Å². The maximum absolute atomic E-state index is 13.5. The minimum Gasteiger partial charge on any atom is -0.480 e. The number of carboxylic acids is 1. The van der Waals surface area contributed by atoms with Gasteiger partial charge in [0.1, 0.15) is 6.54 Å². The number of rotatable bonds is 5. The Kier molecular flexibility index (Phi) is 4.27. The quantitative estimate of drug-likeness (QED) is 0.560. The van der Waals surface area contributed by atoms with Crippen LogP contribution in [0.3, 0.4) is 0 Å². The van der Waals surface area contributed by atoms with E-state index in [0.29, 0.717) is 22.4 Å². The van der Waals surface area contributed by atoms with E-state index in [9.17, 15) is 18.3 Å². The van der Waals surface area contributed by atoms with Crippen molar-refractivity contribution in [2.24, 2.45) is 0 Å². The number of carbonyl (C=O) groups is 1. The molecule has 0 fully saturated rings. The number of nitrogens with zero attached hydrogens (tertiary/aromatic N) is 3. The van der Waals surface area contributed by atoms with E-state index < -0.39 is 16.0 Å². The molecule has 7 nitrogen and oxygen atoms in total. The van der Waals surface area contributed by atoms with Gasteiger partial charge < -0.3 is 9.67 Å². The Hall–Kier alpha value is -3.39. The van der Waals surface area contributed by atoms with E-state index in [1.807, 2.05) is 6.92 Å². The van der Waals surface area contributed by atoms with E-state index in [1.165, 1.54) is 14.7 Å². The molecule has 4 rings (SSSR count). The Morgan fingerprint density at radius 3 is 2.54 bits per heavy atom. The molecule has 0 radical (unpaired) electrons. The van der Waals surface area contributed by atoms with Crippen molar-refractivity contribution < 1.29 is 18.3 Å². The van der Waals surface area contributed by atoms with Gasteiger partial charge in [-0.1, -0.05) is 17.7 Å². The largest absolute Gasteiger partial charge is 0.480 e. The fraction of sp³-hybridized carbons (Fsp3) is 0.100. The Bertz CT molecular complexity index is 1280. The van der Waals surface area contributed by atoms with Crippen LogP contribution in [0, 0.1) is 6.92 Å². The molecule has 0 saturated heterocycles. The van der Waals surface area contributed by atoms with Gasteiger partial charge >= 0.3 is 5.97 Å². The third kappa shape index (κ3) is 2.97. The molecule has 0 aliphatic carbocycles. The van der Waals surface area contributed by atoms with Crippen molar-refractivity contribution in [2.45, 2.75) is 18.4 Å². The van der Waals surface area contributed by atoms with Crippen LogP contribution in [0.15, 0.2) is 71.9 Å². The SMILES string of the molecule is Cc1ccc(S(=O)(=O)n2c(-c3cccn3CC(=O)O)cc3cccnc32)cc1. The molecule has 1 N–H and O–H groups in total. The lowest BCUT2D eigenvalue weighted by molar-refractivity contribution is -0.137. The Labute approximate surface area is 161 Å². The fourth-order valence-corrected chi connectivity index (χ4v) is 4.66. The second-order valence-corrected chi connectivity index (χ2v) is 8.23. The molecule has 0 saturated carbocycles. The monoisotopic (exact) mass is 395 g/mol. The maximum Gasteiger partial charge on any atom is 0.323 e. The first-order valence-electron chi connectivity index (χ1n) is 8.54. The number of hydrogen-bond donors (Lipinski definition) is 1. The van der Waals surface area contributed by atoms with E-state index in [2.05, 4.69) is 4.98 Å². The van der Waals surface area contributed by atoms with Crippen molar-refractivity contribution in [3.8, 4) is 11.4 Å². The molecule has 0 amide bonds. The van der Waals surface area contributed by atoms with Gasteiger partial charge in [0.2, 0.25) is 0 Å². The molecular formula is C20H17N3O4S. The normalized spacial score (nSPS) is 11.8. The summed E-state index contributed by atoms with van der Waals surface area (Å²) in [6.45, 7) is 1.61. The van der Waals surface area contributed by atoms with Gasteiger partial charge in [-0.05, 0) is 49.4 Å². The first-order valence-corrected chi connectivity index (χ1v) is 9.98. The Morgan fingerprint density at radius 1 is 1.07 bits per heavy atom. The highest BCUT2D eigenvalue weighted by Crippen LogP contribution is 2.31. The second kappa shape index (κ2) is 6.65. The average Bonchev–Trinajstić information content (AvgIpc) is 3.25. The molecule has 28 heavy (non-hydrogen) atoms. The van der Waals surface area contributed by atoms with Crippen LogP contribution in [-0.4, -0.2) is 33.0 Å². The highest BCUT2D eigenvalue weighted by Gasteiger charge is 2.26. The highest BCUT2D eigenvalue weighted by atomic mass is 32.2. The number of aliphatic carboxylic acids is 1. The summed E-state index contributed by atoms with van der Waals surface area (Å²) in [6.07, 6.45) is 3.14. The molecule has 8 heteroatoms. The summed E-state index contributed by atoms with van der Waals surface area (Å²) in [5.41, 5.74) is 2.09. The van der Waals surface area contributed by atoms with Crippen molar-refractivity contribution in [1.29, 1.82) is 0 Å². The third-order valence-electron chi connectivity index (χ3n) is 4.48. The van der Waals surface area contributed by atoms with Gasteiger partial charge in [-0.2, -0.15) is 0 Å². The van der Waals surface area contributed by atoms with Gasteiger partial charge in [0, 0.05) is 17.8 Å². The number of aryl methyl sites for hydroxylation is 1. The van der Waals surface area contributed by atoms with Crippen LogP contribution in [-0.2, 0) is 21.4 Å². The summed E-state index contributed by atoms with van der Waals surface area (Å²) in [6, 6.07) is 15.2. The van der Waals surface area contributed by atoms with E-state index in [4.69, 9.17) is 0 Å². The van der Waals surface area contributed by atoms with E-state index in [-0.39, 0.29) is 11.4 Å². The molecule has 0 aliphatic heterocycles. The first kappa shape index (κ1) is 18.0. The molecule has 1 aromatic carbocycles. The van der Waals surface area contributed by atoms with E-state index in [0.717, 1.165) is 5.56 Å². The number of benzene rings is 1. The third-order valence-corrected chi connectivity index (χ3v) is 6.20. The molecule has 0 unspecified atom stereocenters. The van der Waals surface area contributed by atoms with Gasteiger partial charge in [0.05, 0.1) is 16.3 Å². The summed E-state index contributed by atoms with van der Waals surface area (Å²) in [5.74, 6) is -1.01. The van der Waals surface area contributed by atoms with Gasteiger partial charge in [0.15, 0.2) is 5.65 Å². The van der Waals surface area contributed by atoms with Crippen LogP contribution in [0.2, 0.25) is 0 Å². The zero-order chi connectivity index (χ0) is 19.9. The molecular weight excluding hydrogens is 378 g/mol. The molecule has 142 valence electrons. The summed E-state index contributed by atoms with van der Waals surface area (Å²) >= 11 is 0. The molecule has 0 aliphatic rings. The standard InChI is InChI=1S/C20H17N3O4S/c1-14-6-8-16(9-7-14)28(26,27)23-18(12-15-4-2-10-21-20(15)23)17-5-3-11-22(17)13-19(24)25/h2-12H,13H2,1H3,(H,24,25). The fourth-order valence-electron chi connectivity index (χ4n) is 3.18. The first-order chi connectivity index (χ1) is 13.4. The van der Waals surface area contributed by atoms with Crippen molar-refractivity contribution in [3.63, 3.8) is 0 Å². The van der Waals surface area contributed by atoms with Gasteiger partial charge in [0.25, 0.3) is 10.0 Å². The topological polar surface area (TPSA) is 94.2 Å². The molecule has 0 spiro atoms. The predicted octanol–water partition coefficient (Wildman–Crippen LogP) is 3.13. The van der Waals surface area contributed by atoms with Gasteiger partial charge in [-0.3, -0.25) is 4.79 Å². The van der Waals surface area contributed by atoms with Crippen LogP contribution >= 0.6 is 0 Å². The Morgan fingerprint density at radius 2 is 1.82 bits per heavy atom. The minimum atomic E-state index is -3.95. The molecule has 3 aromatic heterocycles. The van der Waals surface area contributed by atoms with Crippen LogP contribution in [0.1, 0.15) is 5.56 Å². The Balaban J connectivity index is 2.01. The maximum atomic E-state index is 13.5. The summed E-state index contributed by atoms with van der Waals surface area (Å²) in [5, 5.41) is 9.82. The predicted molar refractivity (Wildman–Crippen MR) is 105 cm³/mol. The average molecular weight is 395 g/mol. The van der Waals surface area contributed by atoms with Crippen molar-refractivity contribution >= 4 is 27.0 Å². The van der Waals surface area contributed by atoms with Crippen LogP contribution in [0.4, 0.5) is 0 Å². The molecule has 3 heterocycles. The molecule has 0 atom stereocenters. The van der Waals surface area contributed by atoms with Crippen LogP contribution in [0.5, 0.6) is 0 Å². The lowest BCUT2D eigenvalue weighted by Crippen LogP contribution is -2.16. The zero-order valence-electron chi connectivity index (χ0n) is 15.0. The van der Waals surface area contributed by atoms with Crippen LogP contribution in [0.25, 0.3) is 22.4 Å². The lowest BCUT2D eigenvalue weighted by Gasteiger charge is -2.13. The number of fused-ring (bicyclic) bond motifs is 1. The summed E-state index contributed by atoms with van der Waals surface area (Å²) in [7, 11) is -3.95. The second-order valence-electron chi connectivity index (χ2n) is 6.44. The highest BCUT2D eigenvalue weighted by molar-refractivity contribution is 7.90. The number of hydrogen-bond acceptors (Lipinski definition) is 4. The van der Waals surface area contributed by atoms with Gasteiger partial charge in [-0.25, -0.2) is 17.4 Å². The van der Waals surface area contributed by atoms with Crippen LogP contribution < -0.4 is 0 Å². The number of carboxylic acid groups (broad SMARTS) is 1. The van der Waals surface area contributed by atoms with Crippen molar-refractivity contribution in [1.82, 2.24) is 13.5 Å². The van der Waals surface area contributed by atoms with Gasteiger partial charge in [-0.15, -0.1) is 0 Å². The zero-order valence-corrected chi connectivity index (χ0v) is 15.8. The number of pyridine rings is 1. The van der Waals surface area contributed by atoms with Crippen molar-refractivity contribution in [2.75, 3.05) is 0 Å². The molecule has 0 bridgehead atoms. The summed E-state index contributed by atoms with van der Waals surface area (Å²) < 4.78 is 29.6. The lowest BCUT2D eigenvalue weighted by atomic mass is 10.2. The smallest absolute Gasteiger partial charge is 0.323 e. The number of aromatic nitrogens is 3.